The van der Waals surface area contributed by atoms with Crippen LogP contribution < -0.4 is 0 Å². The third kappa shape index (κ3) is 3.10. The summed E-state index contributed by atoms with van der Waals surface area (Å²) in [6, 6.07) is 10.5. The molecule has 0 aromatic heterocycles. The van der Waals surface area contributed by atoms with E-state index in [4.69, 9.17) is 4.74 Å². The molecule has 0 saturated carbocycles. The number of benzene rings is 1. The molecule has 1 amide bonds. The van der Waals surface area contributed by atoms with Gasteiger partial charge < -0.3 is 9.64 Å². The van der Waals surface area contributed by atoms with Crippen LogP contribution in [0.25, 0.3) is 0 Å². The molecular weight excluding hydrogens is 250 g/mol. The van der Waals surface area contributed by atoms with E-state index < -0.39 is 0 Å². The normalized spacial score (nSPS) is 25.1. The second kappa shape index (κ2) is 6.23. The maximum atomic E-state index is 11.5. The lowest BCUT2D eigenvalue weighted by Gasteiger charge is -2.05. The summed E-state index contributed by atoms with van der Waals surface area (Å²) in [5.41, 5.74) is 1.06. The SMILES string of the molecule is CC[C@H]1N(C(C)=O)[C@]1(C)/C=C/COCc1ccccc1. The van der Waals surface area contributed by atoms with Crippen molar-refractivity contribution in [1.82, 2.24) is 4.90 Å². The number of rotatable bonds is 6. The standard InChI is InChI=1S/C17H23NO2/c1-4-16-17(3,18(16)14(2)19)11-8-12-20-13-15-9-6-5-7-10-15/h5-11,16H,4,12-13H2,1-3H3/b11-8+/t16-,17-,18?/m1/s1. The number of hydrogen-bond acceptors (Lipinski definition) is 2. The Bertz CT molecular complexity index is 483. The lowest BCUT2D eigenvalue weighted by atomic mass is 10.1. The first kappa shape index (κ1) is 14.8. The number of carbonyl (C=O) groups excluding carboxylic acids is 1. The number of hydrogen-bond donors (Lipinski definition) is 0. The Labute approximate surface area is 121 Å². The van der Waals surface area contributed by atoms with Crippen LogP contribution in [0.1, 0.15) is 32.8 Å². The van der Waals surface area contributed by atoms with Crippen LogP contribution in [0, 0.1) is 0 Å². The zero-order chi connectivity index (χ0) is 14.6. The highest BCUT2D eigenvalue weighted by molar-refractivity contribution is 5.79. The van der Waals surface area contributed by atoms with E-state index in [9.17, 15) is 4.79 Å². The van der Waals surface area contributed by atoms with Crippen LogP contribution >= 0.6 is 0 Å². The first-order chi connectivity index (χ1) is 9.59. The Morgan fingerprint density at radius 3 is 2.65 bits per heavy atom. The number of nitrogens with zero attached hydrogens (tertiary/aromatic N) is 1. The third-order valence-electron chi connectivity index (χ3n) is 3.94. The second-order valence-electron chi connectivity index (χ2n) is 5.44. The van der Waals surface area contributed by atoms with Gasteiger partial charge in [0.1, 0.15) is 0 Å². The number of ether oxygens (including phenoxy) is 1. The maximum absolute atomic E-state index is 11.5. The lowest BCUT2D eigenvalue weighted by Crippen LogP contribution is -2.15. The van der Waals surface area contributed by atoms with Crippen molar-refractivity contribution >= 4 is 5.91 Å². The molecule has 3 heteroatoms. The van der Waals surface area contributed by atoms with E-state index in [1.54, 1.807) is 6.92 Å². The molecule has 3 nitrogen and oxygen atoms in total. The van der Waals surface area contributed by atoms with E-state index in [-0.39, 0.29) is 11.4 Å². The van der Waals surface area contributed by atoms with Gasteiger partial charge in [-0.3, -0.25) is 4.79 Å². The van der Waals surface area contributed by atoms with Crippen LogP contribution in [0.3, 0.4) is 0 Å². The van der Waals surface area contributed by atoms with Gasteiger partial charge in [0, 0.05) is 6.92 Å². The van der Waals surface area contributed by atoms with Crippen molar-refractivity contribution in [3.05, 3.63) is 48.0 Å². The highest BCUT2D eigenvalue weighted by Crippen LogP contribution is 2.44. The minimum absolute atomic E-state index is 0.114. The van der Waals surface area contributed by atoms with Crippen molar-refractivity contribution in [2.24, 2.45) is 0 Å². The molecule has 108 valence electrons. The van der Waals surface area contributed by atoms with E-state index in [2.05, 4.69) is 32.1 Å². The van der Waals surface area contributed by atoms with Crippen molar-refractivity contribution in [3.8, 4) is 0 Å². The molecule has 0 N–H and O–H groups in total. The summed E-state index contributed by atoms with van der Waals surface area (Å²) >= 11 is 0. The zero-order valence-electron chi connectivity index (χ0n) is 12.5. The average molecular weight is 273 g/mol. The molecule has 20 heavy (non-hydrogen) atoms. The maximum Gasteiger partial charge on any atom is 0.220 e. The molecule has 2 rings (SSSR count). The minimum atomic E-state index is -0.114. The van der Waals surface area contributed by atoms with E-state index in [1.807, 2.05) is 29.2 Å². The molecule has 0 radical (unpaired) electrons. The van der Waals surface area contributed by atoms with Gasteiger partial charge in [-0.1, -0.05) is 49.4 Å². The number of carbonyl (C=O) groups is 1. The summed E-state index contributed by atoms with van der Waals surface area (Å²) in [7, 11) is 0. The van der Waals surface area contributed by atoms with Crippen molar-refractivity contribution in [3.63, 3.8) is 0 Å². The Morgan fingerprint density at radius 1 is 1.40 bits per heavy atom. The quantitative estimate of drug-likeness (QED) is 0.452. The van der Waals surface area contributed by atoms with E-state index in [1.165, 1.54) is 5.56 Å². The van der Waals surface area contributed by atoms with Gasteiger partial charge in [-0.2, -0.15) is 0 Å². The molecular formula is C17H23NO2. The highest BCUT2D eigenvalue weighted by Gasteiger charge is 2.57. The Kier molecular flexibility index (Phi) is 4.61. The second-order valence-corrected chi connectivity index (χ2v) is 5.44. The van der Waals surface area contributed by atoms with Crippen LogP contribution in [0.5, 0.6) is 0 Å². The van der Waals surface area contributed by atoms with Gasteiger partial charge >= 0.3 is 0 Å². The predicted octanol–water partition coefficient (Wildman–Crippen LogP) is 3.16. The summed E-state index contributed by atoms with van der Waals surface area (Å²) < 4.78 is 5.62. The average Bonchev–Trinajstić information content (AvgIpc) is 3.05. The molecule has 0 unspecified atom stereocenters. The third-order valence-corrected chi connectivity index (χ3v) is 3.94. The molecule has 1 saturated heterocycles. The van der Waals surface area contributed by atoms with Crippen LogP contribution in [0.15, 0.2) is 42.5 Å². The van der Waals surface area contributed by atoms with Crippen molar-refractivity contribution in [2.75, 3.05) is 6.61 Å². The van der Waals surface area contributed by atoms with Crippen molar-refractivity contribution in [2.45, 2.75) is 45.4 Å². The molecule has 1 aliphatic heterocycles. The van der Waals surface area contributed by atoms with E-state index in [0.29, 0.717) is 19.3 Å². The first-order valence-electron chi connectivity index (χ1n) is 7.19. The van der Waals surface area contributed by atoms with Gasteiger partial charge in [-0.25, -0.2) is 0 Å². The van der Waals surface area contributed by atoms with Crippen LogP contribution in [-0.4, -0.2) is 29.0 Å². The van der Waals surface area contributed by atoms with E-state index in [0.717, 1.165) is 6.42 Å². The molecule has 1 fully saturated rings. The van der Waals surface area contributed by atoms with Crippen LogP contribution in [-0.2, 0) is 16.1 Å². The highest BCUT2D eigenvalue weighted by atomic mass is 16.5. The monoisotopic (exact) mass is 273 g/mol. The molecule has 1 heterocycles. The largest absolute Gasteiger partial charge is 0.373 e. The zero-order valence-corrected chi connectivity index (χ0v) is 12.5. The summed E-state index contributed by atoms with van der Waals surface area (Å²) in [5, 5.41) is 0. The van der Waals surface area contributed by atoms with Crippen molar-refractivity contribution < 1.29 is 9.53 Å². The topological polar surface area (TPSA) is 29.3 Å². The van der Waals surface area contributed by atoms with Gasteiger partial charge in [0.05, 0.1) is 24.8 Å². The predicted molar refractivity (Wildman–Crippen MR) is 80.2 cm³/mol. The molecule has 1 aromatic rings. The fourth-order valence-electron chi connectivity index (χ4n) is 2.93. The summed E-state index contributed by atoms with van der Waals surface area (Å²) in [6.45, 7) is 7.05. The lowest BCUT2D eigenvalue weighted by molar-refractivity contribution is -0.124. The Morgan fingerprint density at radius 2 is 2.10 bits per heavy atom. The molecule has 1 aromatic carbocycles. The Hall–Kier alpha value is -1.61. The molecule has 0 aliphatic carbocycles. The smallest absolute Gasteiger partial charge is 0.220 e. The molecule has 1 aliphatic rings. The molecule has 0 spiro atoms. The summed E-state index contributed by atoms with van der Waals surface area (Å²) in [5.74, 6) is 0.147. The summed E-state index contributed by atoms with van der Waals surface area (Å²) in [4.78, 5) is 13.5. The first-order valence-corrected chi connectivity index (χ1v) is 7.19. The van der Waals surface area contributed by atoms with Crippen molar-refractivity contribution in [1.29, 1.82) is 0 Å². The van der Waals surface area contributed by atoms with Crippen LogP contribution in [0.2, 0.25) is 0 Å². The van der Waals surface area contributed by atoms with Gasteiger partial charge in [-0.15, -0.1) is 0 Å². The van der Waals surface area contributed by atoms with Gasteiger partial charge in [-0.05, 0) is 18.9 Å². The van der Waals surface area contributed by atoms with E-state index >= 15 is 0 Å². The van der Waals surface area contributed by atoms with Gasteiger partial charge in [0.25, 0.3) is 0 Å². The minimum Gasteiger partial charge on any atom is -0.373 e. The Balaban J connectivity index is 1.78. The van der Waals surface area contributed by atoms with Crippen LogP contribution in [0.4, 0.5) is 0 Å². The summed E-state index contributed by atoms with van der Waals surface area (Å²) in [6.07, 6.45) is 5.12. The fraction of sp³-hybridized carbons (Fsp3) is 0.471. The molecule has 2 atom stereocenters. The van der Waals surface area contributed by atoms with Gasteiger partial charge in [0.15, 0.2) is 0 Å². The van der Waals surface area contributed by atoms with Gasteiger partial charge in [0.2, 0.25) is 5.91 Å². The fourth-order valence-corrected chi connectivity index (χ4v) is 2.93. The molecule has 0 bridgehead atoms. The number of amides is 1.